The standard InChI is InChI=1S/C23H26N4.HI/c1-18-7-5-9-20(15-18)21-10-6-8-19(16-21)17-27-23(24-2)26-14-12-22-11-3-4-13-25-22;/h3-11,13,15-16H,12,14,17H2,1-2H3,(H2,24,26,27);1H. The number of hydrogen-bond acceptors (Lipinski definition) is 2. The molecule has 3 aromatic rings. The lowest BCUT2D eigenvalue weighted by molar-refractivity contribution is 0.784. The second-order valence-electron chi connectivity index (χ2n) is 6.49. The predicted octanol–water partition coefficient (Wildman–Crippen LogP) is 4.58. The highest BCUT2D eigenvalue weighted by Crippen LogP contribution is 2.21. The third-order valence-electron chi connectivity index (χ3n) is 4.36. The normalized spacial score (nSPS) is 10.9. The van der Waals surface area contributed by atoms with Crippen molar-refractivity contribution in [2.45, 2.75) is 19.9 Å². The van der Waals surface area contributed by atoms with Crippen LogP contribution in [0.3, 0.4) is 0 Å². The molecule has 0 spiro atoms. The first kappa shape index (κ1) is 21.9. The van der Waals surface area contributed by atoms with E-state index in [1.54, 1.807) is 7.05 Å². The molecule has 0 saturated heterocycles. The van der Waals surface area contributed by atoms with Gasteiger partial charge in [0.25, 0.3) is 0 Å². The van der Waals surface area contributed by atoms with Gasteiger partial charge in [-0.1, -0.05) is 54.1 Å². The summed E-state index contributed by atoms with van der Waals surface area (Å²) in [4.78, 5) is 8.64. The van der Waals surface area contributed by atoms with E-state index in [0.717, 1.165) is 31.2 Å². The van der Waals surface area contributed by atoms with Gasteiger partial charge in [0.2, 0.25) is 0 Å². The van der Waals surface area contributed by atoms with Crippen molar-refractivity contribution in [1.29, 1.82) is 0 Å². The fraction of sp³-hybridized carbons (Fsp3) is 0.217. The Hall–Kier alpha value is -2.41. The van der Waals surface area contributed by atoms with Gasteiger partial charge >= 0.3 is 0 Å². The molecule has 1 aromatic heterocycles. The third kappa shape index (κ3) is 6.64. The van der Waals surface area contributed by atoms with Gasteiger partial charge in [0.15, 0.2) is 5.96 Å². The first-order chi connectivity index (χ1) is 13.2. The van der Waals surface area contributed by atoms with E-state index in [9.17, 15) is 0 Å². The number of rotatable bonds is 6. The average molecular weight is 486 g/mol. The number of pyridine rings is 1. The van der Waals surface area contributed by atoms with Gasteiger partial charge < -0.3 is 10.6 Å². The molecule has 1 heterocycles. The Morgan fingerprint density at radius 2 is 1.71 bits per heavy atom. The number of benzene rings is 2. The van der Waals surface area contributed by atoms with Crippen molar-refractivity contribution in [3.63, 3.8) is 0 Å². The summed E-state index contributed by atoms with van der Waals surface area (Å²) in [6.07, 6.45) is 2.69. The van der Waals surface area contributed by atoms with Crippen LogP contribution in [0.2, 0.25) is 0 Å². The van der Waals surface area contributed by atoms with Crippen molar-refractivity contribution < 1.29 is 0 Å². The Kier molecular flexibility index (Phi) is 8.94. The summed E-state index contributed by atoms with van der Waals surface area (Å²) in [5, 5.41) is 6.72. The molecule has 0 bridgehead atoms. The molecule has 0 amide bonds. The first-order valence-electron chi connectivity index (χ1n) is 9.25. The molecule has 0 fully saturated rings. The molecular formula is C23H27IN4. The second-order valence-corrected chi connectivity index (χ2v) is 6.49. The van der Waals surface area contributed by atoms with Crippen molar-refractivity contribution in [3.8, 4) is 11.1 Å². The molecule has 4 nitrogen and oxygen atoms in total. The second kappa shape index (κ2) is 11.4. The minimum absolute atomic E-state index is 0. The molecule has 0 atom stereocenters. The van der Waals surface area contributed by atoms with E-state index in [4.69, 9.17) is 0 Å². The summed E-state index contributed by atoms with van der Waals surface area (Å²) < 4.78 is 0. The maximum atomic E-state index is 4.34. The summed E-state index contributed by atoms with van der Waals surface area (Å²) >= 11 is 0. The number of halogens is 1. The fourth-order valence-corrected chi connectivity index (χ4v) is 2.95. The molecule has 2 aromatic carbocycles. The van der Waals surface area contributed by atoms with Gasteiger partial charge in [-0.2, -0.15) is 0 Å². The maximum Gasteiger partial charge on any atom is 0.191 e. The molecule has 0 aliphatic heterocycles. The molecule has 3 rings (SSSR count). The molecule has 0 radical (unpaired) electrons. The highest BCUT2D eigenvalue weighted by Gasteiger charge is 2.02. The van der Waals surface area contributed by atoms with E-state index >= 15 is 0 Å². The number of guanidine groups is 1. The minimum atomic E-state index is 0. The molecule has 0 aliphatic rings. The summed E-state index contributed by atoms with van der Waals surface area (Å²) in [6, 6.07) is 23.2. The topological polar surface area (TPSA) is 49.3 Å². The number of aryl methyl sites for hydroxylation is 1. The van der Waals surface area contributed by atoms with E-state index in [1.165, 1.54) is 22.3 Å². The Labute approximate surface area is 184 Å². The van der Waals surface area contributed by atoms with E-state index in [-0.39, 0.29) is 24.0 Å². The van der Waals surface area contributed by atoms with Crippen LogP contribution >= 0.6 is 24.0 Å². The number of hydrogen-bond donors (Lipinski definition) is 2. The molecule has 5 heteroatoms. The molecule has 0 unspecified atom stereocenters. The van der Waals surface area contributed by atoms with Crippen LogP contribution in [0.15, 0.2) is 77.9 Å². The summed E-state index contributed by atoms with van der Waals surface area (Å²) in [5.74, 6) is 0.798. The number of aliphatic imine (C=N–C) groups is 1. The number of aromatic nitrogens is 1. The van der Waals surface area contributed by atoms with Gasteiger partial charge in [-0.15, -0.1) is 24.0 Å². The first-order valence-corrected chi connectivity index (χ1v) is 9.25. The molecule has 0 saturated carbocycles. The Bertz CT molecular complexity index is 894. The molecule has 0 aliphatic carbocycles. The number of nitrogens with one attached hydrogen (secondary N) is 2. The zero-order valence-electron chi connectivity index (χ0n) is 16.4. The molecule has 2 N–H and O–H groups in total. The van der Waals surface area contributed by atoms with E-state index in [0.29, 0.717) is 0 Å². The van der Waals surface area contributed by atoms with Gasteiger partial charge in [0.05, 0.1) is 0 Å². The van der Waals surface area contributed by atoms with Crippen molar-refractivity contribution in [2.75, 3.05) is 13.6 Å². The highest BCUT2D eigenvalue weighted by molar-refractivity contribution is 14.0. The molecular weight excluding hydrogens is 459 g/mol. The van der Waals surface area contributed by atoms with Crippen LogP contribution in [0, 0.1) is 6.92 Å². The maximum absolute atomic E-state index is 4.34. The summed E-state index contributed by atoms with van der Waals surface area (Å²) in [7, 11) is 1.79. The Morgan fingerprint density at radius 3 is 2.43 bits per heavy atom. The van der Waals surface area contributed by atoms with E-state index in [2.05, 4.69) is 76.1 Å². The molecule has 146 valence electrons. The van der Waals surface area contributed by atoms with Gasteiger partial charge in [0, 0.05) is 38.4 Å². The zero-order valence-corrected chi connectivity index (χ0v) is 18.7. The Balaban J connectivity index is 0.00000280. The lowest BCUT2D eigenvalue weighted by Crippen LogP contribution is -2.37. The van der Waals surface area contributed by atoms with Crippen molar-refractivity contribution in [3.05, 3.63) is 89.7 Å². The highest BCUT2D eigenvalue weighted by atomic mass is 127. The fourth-order valence-electron chi connectivity index (χ4n) is 2.95. The molecule has 28 heavy (non-hydrogen) atoms. The van der Waals surface area contributed by atoms with Crippen LogP contribution in [0.5, 0.6) is 0 Å². The monoisotopic (exact) mass is 486 g/mol. The average Bonchev–Trinajstić information content (AvgIpc) is 2.71. The van der Waals surface area contributed by atoms with Crippen LogP contribution in [-0.2, 0) is 13.0 Å². The Morgan fingerprint density at radius 1 is 0.929 bits per heavy atom. The van der Waals surface area contributed by atoms with Crippen LogP contribution in [0.1, 0.15) is 16.8 Å². The largest absolute Gasteiger partial charge is 0.356 e. The van der Waals surface area contributed by atoms with E-state index in [1.807, 2.05) is 24.4 Å². The lowest BCUT2D eigenvalue weighted by atomic mass is 10.0. The van der Waals surface area contributed by atoms with Crippen molar-refractivity contribution in [1.82, 2.24) is 15.6 Å². The quantitative estimate of drug-likeness (QED) is 0.305. The predicted molar refractivity (Wildman–Crippen MR) is 128 cm³/mol. The smallest absolute Gasteiger partial charge is 0.191 e. The van der Waals surface area contributed by atoms with Crippen LogP contribution < -0.4 is 10.6 Å². The van der Waals surface area contributed by atoms with Crippen molar-refractivity contribution in [2.24, 2.45) is 4.99 Å². The summed E-state index contributed by atoms with van der Waals surface area (Å²) in [6.45, 7) is 3.64. The van der Waals surface area contributed by atoms with Gasteiger partial charge in [-0.25, -0.2) is 0 Å². The van der Waals surface area contributed by atoms with Crippen molar-refractivity contribution >= 4 is 29.9 Å². The minimum Gasteiger partial charge on any atom is -0.356 e. The van der Waals surface area contributed by atoms with Crippen LogP contribution in [0.4, 0.5) is 0 Å². The van der Waals surface area contributed by atoms with Gasteiger partial charge in [0.1, 0.15) is 0 Å². The van der Waals surface area contributed by atoms with Crippen LogP contribution in [0.25, 0.3) is 11.1 Å². The SMILES string of the molecule is CN=C(NCCc1ccccn1)NCc1cccc(-c2cccc(C)c2)c1.I. The number of nitrogens with zero attached hydrogens (tertiary/aromatic N) is 2. The van der Waals surface area contributed by atoms with E-state index < -0.39 is 0 Å². The zero-order chi connectivity index (χ0) is 18.9. The summed E-state index contributed by atoms with van der Waals surface area (Å²) in [5.41, 5.74) is 6.05. The third-order valence-corrected chi connectivity index (χ3v) is 4.36. The van der Waals surface area contributed by atoms with Gasteiger partial charge in [-0.05, 0) is 41.8 Å². The van der Waals surface area contributed by atoms with Gasteiger partial charge in [-0.3, -0.25) is 9.98 Å². The van der Waals surface area contributed by atoms with Crippen LogP contribution in [-0.4, -0.2) is 24.5 Å². The lowest BCUT2D eigenvalue weighted by Gasteiger charge is -2.12.